The van der Waals surface area contributed by atoms with E-state index in [-0.39, 0.29) is 36.0 Å². The van der Waals surface area contributed by atoms with E-state index in [9.17, 15) is 19.7 Å². The van der Waals surface area contributed by atoms with Gasteiger partial charge in [-0.05, 0) is 26.0 Å². The van der Waals surface area contributed by atoms with Crippen LogP contribution < -0.4 is 4.74 Å². The molecule has 0 N–H and O–H groups in total. The van der Waals surface area contributed by atoms with Gasteiger partial charge >= 0.3 is 11.7 Å². The summed E-state index contributed by atoms with van der Waals surface area (Å²) in [5, 5.41) is 11.1. The number of carbonyl (C=O) groups excluding carboxylic acids is 2. The Morgan fingerprint density at radius 3 is 2.43 bits per heavy atom. The van der Waals surface area contributed by atoms with E-state index in [0.29, 0.717) is 0 Å². The number of ether oxygens (including phenoxy) is 2. The summed E-state index contributed by atoms with van der Waals surface area (Å²) in [6, 6.07) is 3.84. The van der Waals surface area contributed by atoms with Crippen molar-refractivity contribution in [2.75, 3.05) is 20.8 Å². The number of nitrogens with zero attached hydrogens (tertiary/aromatic N) is 2. The monoisotopic (exact) mass is 324 g/mol. The van der Waals surface area contributed by atoms with Crippen molar-refractivity contribution in [1.29, 1.82) is 0 Å². The molecule has 0 saturated carbocycles. The molecule has 0 heterocycles. The van der Waals surface area contributed by atoms with Gasteiger partial charge in [-0.3, -0.25) is 19.7 Å². The van der Waals surface area contributed by atoms with E-state index >= 15 is 0 Å². The molecule has 1 aromatic carbocycles. The first-order valence-electron chi connectivity index (χ1n) is 7.02. The molecule has 1 aromatic rings. The lowest BCUT2D eigenvalue weighted by Crippen LogP contribution is -2.38. The van der Waals surface area contributed by atoms with Crippen molar-refractivity contribution in [3.8, 4) is 5.75 Å². The van der Waals surface area contributed by atoms with Gasteiger partial charge in [0.15, 0.2) is 5.75 Å². The first-order valence-corrected chi connectivity index (χ1v) is 7.02. The smallest absolute Gasteiger partial charge is 0.311 e. The lowest BCUT2D eigenvalue weighted by molar-refractivity contribution is -0.385. The molecular weight excluding hydrogens is 304 g/mol. The van der Waals surface area contributed by atoms with Crippen molar-refractivity contribution in [3.05, 3.63) is 33.9 Å². The maximum atomic E-state index is 12.6. The predicted octanol–water partition coefficient (Wildman–Crippen LogP) is 2.02. The number of amides is 1. The average molecular weight is 324 g/mol. The standard InChI is InChI=1S/C15H20N2O6/c1-10(2)16(8-7-14(18)23-4)15(19)11-5-6-13(22-3)12(9-11)17(20)21/h5-6,9-10H,7-8H2,1-4H3. The first-order chi connectivity index (χ1) is 10.8. The zero-order valence-corrected chi connectivity index (χ0v) is 13.6. The Morgan fingerprint density at radius 1 is 1.30 bits per heavy atom. The fourth-order valence-electron chi connectivity index (χ4n) is 2.04. The number of nitro benzene ring substituents is 1. The second-order valence-corrected chi connectivity index (χ2v) is 5.06. The van der Waals surface area contributed by atoms with E-state index in [2.05, 4.69) is 4.74 Å². The summed E-state index contributed by atoms with van der Waals surface area (Å²) in [4.78, 5) is 35.7. The molecule has 0 unspecified atom stereocenters. The van der Waals surface area contributed by atoms with E-state index < -0.39 is 16.8 Å². The molecule has 0 spiro atoms. The normalized spacial score (nSPS) is 10.3. The van der Waals surface area contributed by atoms with Gasteiger partial charge in [0, 0.05) is 24.2 Å². The van der Waals surface area contributed by atoms with Crippen molar-refractivity contribution in [2.24, 2.45) is 0 Å². The molecule has 0 saturated heterocycles. The van der Waals surface area contributed by atoms with Crippen LogP contribution in [0.2, 0.25) is 0 Å². The van der Waals surface area contributed by atoms with Crippen LogP contribution >= 0.6 is 0 Å². The summed E-state index contributed by atoms with van der Waals surface area (Å²) in [7, 11) is 2.59. The summed E-state index contributed by atoms with van der Waals surface area (Å²) in [5.41, 5.74) is -0.119. The van der Waals surface area contributed by atoms with Gasteiger partial charge < -0.3 is 14.4 Å². The maximum Gasteiger partial charge on any atom is 0.311 e. The molecule has 8 heteroatoms. The predicted molar refractivity (Wildman–Crippen MR) is 82.5 cm³/mol. The molecule has 1 rings (SSSR count). The SMILES string of the molecule is COC(=O)CCN(C(=O)c1ccc(OC)c([N+](=O)[O-])c1)C(C)C. The van der Waals surface area contributed by atoms with E-state index in [4.69, 9.17) is 4.74 Å². The summed E-state index contributed by atoms with van der Waals surface area (Å²) in [5.74, 6) is -0.740. The number of benzene rings is 1. The first kappa shape index (κ1) is 18.4. The molecule has 0 radical (unpaired) electrons. The molecule has 126 valence electrons. The van der Waals surface area contributed by atoms with Gasteiger partial charge in [-0.15, -0.1) is 0 Å². The van der Waals surface area contributed by atoms with Crippen molar-refractivity contribution < 1.29 is 24.0 Å². The van der Waals surface area contributed by atoms with Crippen molar-refractivity contribution in [1.82, 2.24) is 4.90 Å². The van der Waals surface area contributed by atoms with Crippen LogP contribution in [0.15, 0.2) is 18.2 Å². The Hall–Kier alpha value is -2.64. The van der Waals surface area contributed by atoms with Crippen LogP contribution in [-0.4, -0.2) is 48.5 Å². The fraction of sp³-hybridized carbons (Fsp3) is 0.467. The second-order valence-electron chi connectivity index (χ2n) is 5.06. The molecular formula is C15H20N2O6. The number of methoxy groups -OCH3 is 2. The minimum absolute atomic E-state index is 0.0542. The van der Waals surface area contributed by atoms with Crippen LogP contribution in [0.5, 0.6) is 5.75 Å². The zero-order valence-electron chi connectivity index (χ0n) is 13.6. The van der Waals surface area contributed by atoms with Crippen LogP contribution in [-0.2, 0) is 9.53 Å². The number of carbonyl (C=O) groups is 2. The molecule has 0 aliphatic rings. The third kappa shape index (κ3) is 4.67. The van der Waals surface area contributed by atoms with Gasteiger partial charge in [0.25, 0.3) is 5.91 Å². The van der Waals surface area contributed by atoms with Crippen molar-refractivity contribution in [2.45, 2.75) is 26.3 Å². The van der Waals surface area contributed by atoms with Crippen LogP contribution in [0, 0.1) is 10.1 Å². The summed E-state index contributed by atoms with van der Waals surface area (Å²) in [6.45, 7) is 3.77. The summed E-state index contributed by atoms with van der Waals surface area (Å²) >= 11 is 0. The topological polar surface area (TPSA) is 99.0 Å². The molecule has 1 amide bonds. The van der Waals surface area contributed by atoms with E-state index in [0.717, 1.165) is 0 Å². The van der Waals surface area contributed by atoms with Crippen molar-refractivity contribution in [3.63, 3.8) is 0 Å². The fourth-order valence-corrected chi connectivity index (χ4v) is 2.04. The van der Waals surface area contributed by atoms with Gasteiger partial charge in [-0.1, -0.05) is 0 Å². The number of hydrogen-bond donors (Lipinski definition) is 0. The minimum Gasteiger partial charge on any atom is -0.490 e. The molecule has 0 atom stereocenters. The Kier molecular flexibility index (Phi) is 6.49. The van der Waals surface area contributed by atoms with Gasteiger partial charge in [-0.2, -0.15) is 0 Å². The number of nitro groups is 1. The molecule has 0 bridgehead atoms. The highest BCUT2D eigenvalue weighted by atomic mass is 16.6. The number of hydrogen-bond acceptors (Lipinski definition) is 6. The molecule has 8 nitrogen and oxygen atoms in total. The Morgan fingerprint density at radius 2 is 1.96 bits per heavy atom. The molecule has 23 heavy (non-hydrogen) atoms. The van der Waals surface area contributed by atoms with Crippen molar-refractivity contribution >= 4 is 17.6 Å². The third-order valence-electron chi connectivity index (χ3n) is 3.29. The van der Waals surface area contributed by atoms with Gasteiger partial charge in [0.1, 0.15) is 0 Å². The maximum absolute atomic E-state index is 12.6. The molecule has 0 aliphatic carbocycles. The van der Waals surface area contributed by atoms with Gasteiger partial charge in [-0.25, -0.2) is 0 Å². The molecule has 0 aliphatic heterocycles. The zero-order chi connectivity index (χ0) is 17.6. The Labute approximate surface area is 134 Å². The third-order valence-corrected chi connectivity index (χ3v) is 3.29. The Balaban J connectivity index is 3.06. The van der Waals surface area contributed by atoms with Crippen LogP contribution in [0.4, 0.5) is 5.69 Å². The number of esters is 1. The van der Waals surface area contributed by atoms with Gasteiger partial charge in [0.05, 0.1) is 25.6 Å². The van der Waals surface area contributed by atoms with E-state index in [1.807, 2.05) is 0 Å². The van der Waals surface area contributed by atoms with Crippen LogP contribution in [0.25, 0.3) is 0 Å². The van der Waals surface area contributed by atoms with Crippen LogP contribution in [0.3, 0.4) is 0 Å². The average Bonchev–Trinajstić information content (AvgIpc) is 2.53. The van der Waals surface area contributed by atoms with E-state index in [1.54, 1.807) is 13.8 Å². The largest absolute Gasteiger partial charge is 0.490 e. The molecule has 0 aromatic heterocycles. The van der Waals surface area contributed by atoms with Crippen LogP contribution in [0.1, 0.15) is 30.6 Å². The summed E-state index contributed by atoms with van der Waals surface area (Å²) < 4.78 is 9.48. The highest BCUT2D eigenvalue weighted by Gasteiger charge is 2.23. The highest BCUT2D eigenvalue weighted by molar-refractivity contribution is 5.95. The van der Waals surface area contributed by atoms with Gasteiger partial charge in [0.2, 0.25) is 0 Å². The van der Waals surface area contributed by atoms with E-state index in [1.165, 1.54) is 37.3 Å². The highest BCUT2D eigenvalue weighted by Crippen LogP contribution is 2.28. The number of rotatable bonds is 7. The quantitative estimate of drug-likeness (QED) is 0.432. The lowest BCUT2D eigenvalue weighted by Gasteiger charge is -2.26. The lowest BCUT2D eigenvalue weighted by atomic mass is 10.1. The summed E-state index contributed by atoms with van der Waals surface area (Å²) in [6.07, 6.45) is 0.0542. The molecule has 0 fully saturated rings. The minimum atomic E-state index is -0.607. The Bertz CT molecular complexity index is 600. The second kappa shape index (κ2) is 8.11.